The molecule has 1 aliphatic rings. The number of carbonyl (C=O) groups excluding carboxylic acids is 1. The van der Waals surface area contributed by atoms with E-state index in [1.54, 1.807) is 11.1 Å². The average Bonchev–Trinajstić information content (AvgIpc) is 2.87. The van der Waals surface area contributed by atoms with Gasteiger partial charge < -0.3 is 14.2 Å². The third-order valence-corrected chi connectivity index (χ3v) is 5.46. The lowest BCUT2D eigenvalue weighted by molar-refractivity contribution is 0.00578. The Morgan fingerprint density at radius 2 is 1.67 bits per heavy atom. The van der Waals surface area contributed by atoms with Gasteiger partial charge in [-0.05, 0) is 57.4 Å². The van der Waals surface area contributed by atoms with Gasteiger partial charge in [-0.1, -0.05) is 18.2 Å². The normalized spacial score (nSPS) is 17.7. The molecule has 5 nitrogen and oxygen atoms in total. The van der Waals surface area contributed by atoms with Crippen LogP contribution in [0.15, 0.2) is 48.7 Å². The van der Waals surface area contributed by atoms with E-state index >= 15 is 0 Å². The van der Waals surface area contributed by atoms with E-state index in [2.05, 4.69) is 4.98 Å². The highest BCUT2D eigenvalue weighted by atomic mass is 16.7. The van der Waals surface area contributed by atoms with Gasteiger partial charge >= 0.3 is 7.12 Å². The maximum absolute atomic E-state index is 12.6. The zero-order chi connectivity index (χ0) is 19.7. The third kappa shape index (κ3) is 4.23. The summed E-state index contributed by atoms with van der Waals surface area (Å²) in [6, 6.07) is 13.3. The first kappa shape index (κ1) is 19.6. The second kappa shape index (κ2) is 7.45. The maximum Gasteiger partial charge on any atom is 0.494 e. The first-order valence-electron chi connectivity index (χ1n) is 9.30. The van der Waals surface area contributed by atoms with Crippen molar-refractivity contribution in [1.29, 1.82) is 0 Å². The Balaban J connectivity index is 1.62. The summed E-state index contributed by atoms with van der Waals surface area (Å²) < 4.78 is 12.1. The number of likely N-dealkylation sites (N-methyl/N-ethyl adjacent to an activating group) is 1. The Bertz CT molecular complexity index is 775. The van der Waals surface area contributed by atoms with Crippen LogP contribution in [-0.2, 0) is 15.7 Å². The van der Waals surface area contributed by atoms with Crippen molar-refractivity contribution in [2.75, 3.05) is 13.6 Å². The number of pyridine rings is 1. The quantitative estimate of drug-likeness (QED) is 0.764. The summed E-state index contributed by atoms with van der Waals surface area (Å²) in [5.41, 5.74) is 1.80. The molecule has 1 aliphatic heterocycles. The van der Waals surface area contributed by atoms with Crippen molar-refractivity contribution in [1.82, 2.24) is 9.88 Å². The summed E-state index contributed by atoms with van der Waals surface area (Å²) in [5, 5.41) is 0. The predicted octanol–water partition coefficient (Wildman–Crippen LogP) is 2.70. The highest BCUT2D eigenvalue weighted by Gasteiger charge is 2.51. The fourth-order valence-electron chi connectivity index (χ4n) is 2.91. The summed E-state index contributed by atoms with van der Waals surface area (Å²) in [7, 11) is 1.40. The second-order valence-electron chi connectivity index (χ2n) is 8.01. The molecule has 6 heteroatoms. The van der Waals surface area contributed by atoms with E-state index in [4.69, 9.17) is 9.31 Å². The molecule has 0 aliphatic carbocycles. The summed E-state index contributed by atoms with van der Waals surface area (Å²) in [5.74, 6) is -0.00796. The average molecular weight is 366 g/mol. The Labute approximate surface area is 161 Å². The van der Waals surface area contributed by atoms with Gasteiger partial charge in [-0.25, -0.2) is 0 Å². The van der Waals surface area contributed by atoms with Crippen molar-refractivity contribution in [2.24, 2.45) is 0 Å². The van der Waals surface area contributed by atoms with Crippen LogP contribution >= 0.6 is 0 Å². The van der Waals surface area contributed by atoms with Crippen molar-refractivity contribution < 1.29 is 14.1 Å². The van der Waals surface area contributed by atoms with Crippen molar-refractivity contribution in [3.63, 3.8) is 0 Å². The highest BCUT2D eigenvalue weighted by Crippen LogP contribution is 2.36. The van der Waals surface area contributed by atoms with Gasteiger partial charge in [0.15, 0.2) is 0 Å². The molecule has 0 spiro atoms. The standard InChI is InChI=1S/C21H27BN2O3/c1-20(2)21(3,4)27-22(26-20)17-11-9-16(10-12-17)19(25)24(5)15-13-18-8-6-7-14-23-18/h6-12,14H,13,15H2,1-5H3. The lowest BCUT2D eigenvalue weighted by Gasteiger charge is -2.32. The predicted molar refractivity (Wildman–Crippen MR) is 107 cm³/mol. The summed E-state index contributed by atoms with van der Waals surface area (Å²) in [4.78, 5) is 18.7. The minimum atomic E-state index is -0.416. The topological polar surface area (TPSA) is 51.7 Å². The summed E-state index contributed by atoms with van der Waals surface area (Å²) >= 11 is 0. The van der Waals surface area contributed by atoms with Gasteiger partial charge in [0.2, 0.25) is 0 Å². The van der Waals surface area contributed by atoms with E-state index in [0.717, 1.165) is 17.6 Å². The van der Waals surface area contributed by atoms with Gasteiger partial charge in [0.1, 0.15) is 0 Å². The number of amides is 1. The Hall–Kier alpha value is -2.18. The fraction of sp³-hybridized carbons (Fsp3) is 0.429. The lowest BCUT2D eigenvalue weighted by Crippen LogP contribution is -2.41. The van der Waals surface area contributed by atoms with E-state index in [1.165, 1.54) is 0 Å². The number of benzene rings is 1. The van der Waals surface area contributed by atoms with E-state index in [0.29, 0.717) is 12.1 Å². The Morgan fingerprint density at radius 1 is 1.04 bits per heavy atom. The highest BCUT2D eigenvalue weighted by molar-refractivity contribution is 6.62. The van der Waals surface area contributed by atoms with Gasteiger partial charge in [-0.15, -0.1) is 0 Å². The van der Waals surface area contributed by atoms with E-state index < -0.39 is 7.12 Å². The smallest absolute Gasteiger partial charge is 0.399 e. The summed E-state index contributed by atoms with van der Waals surface area (Å²) in [6.45, 7) is 8.74. The molecule has 142 valence electrons. The molecule has 0 atom stereocenters. The van der Waals surface area contributed by atoms with Crippen LogP contribution in [-0.4, -0.2) is 47.7 Å². The van der Waals surface area contributed by atoms with Gasteiger partial charge in [0.25, 0.3) is 5.91 Å². The zero-order valence-electron chi connectivity index (χ0n) is 16.7. The van der Waals surface area contributed by atoms with Crippen LogP contribution < -0.4 is 5.46 Å². The first-order chi connectivity index (χ1) is 12.7. The van der Waals surface area contributed by atoms with Gasteiger partial charge in [0.05, 0.1) is 11.2 Å². The minimum Gasteiger partial charge on any atom is -0.399 e. The number of rotatable bonds is 5. The van der Waals surface area contributed by atoms with Crippen LogP contribution in [0.5, 0.6) is 0 Å². The minimum absolute atomic E-state index is 0.00796. The molecule has 0 bridgehead atoms. The molecule has 1 amide bonds. The Kier molecular flexibility index (Phi) is 5.40. The molecule has 2 heterocycles. The SMILES string of the molecule is CN(CCc1ccccn1)C(=O)c1ccc(B2OC(C)(C)C(C)(C)O2)cc1. The molecule has 0 N–H and O–H groups in total. The third-order valence-electron chi connectivity index (χ3n) is 5.46. The van der Waals surface area contributed by atoms with Crippen molar-refractivity contribution >= 4 is 18.5 Å². The number of carbonyl (C=O) groups is 1. The maximum atomic E-state index is 12.6. The fourth-order valence-corrected chi connectivity index (χ4v) is 2.91. The Morgan fingerprint density at radius 3 is 2.22 bits per heavy atom. The van der Waals surface area contributed by atoms with Crippen LogP contribution in [0.25, 0.3) is 0 Å². The zero-order valence-corrected chi connectivity index (χ0v) is 16.7. The monoisotopic (exact) mass is 366 g/mol. The number of aromatic nitrogens is 1. The van der Waals surface area contributed by atoms with E-state index in [1.807, 2.05) is 77.2 Å². The molecular formula is C21H27BN2O3. The number of hydrogen-bond donors (Lipinski definition) is 0. The molecule has 1 aromatic heterocycles. The molecule has 0 unspecified atom stereocenters. The van der Waals surface area contributed by atoms with Crippen molar-refractivity contribution in [3.05, 3.63) is 59.9 Å². The van der Waals surface area contributed by atoms with Gasteiger partial charge in [-0.2, -0.15) is 0 Å². The first-order valence-corrected chi connectivity index (χ1v) is 9.30. The molecule has 1 aromatic carbocycles. The van der Waals surface area contributed by atoms with Crippen LogP contribution in [0.2, 0.25) is 0 Å². The van der Waals surface area contributed by atoms with Gasteiger partial charge in [0, 0.05) is 37.5 Å². The summed E-state index contributed by atoms with van der Waals surface area (Å²) in [6.07, 6.45) is 2.50. The lowest BCUT2D eigenvalue weighted by atomic mass is 9.79. The second-order valence-corrected chi connectivity index (χ2v) is 8.01. The van der Waals surface area contributed by atoms with Crippen LogP contribution in [0.4, 0.5) is 0 Å². The van der Waals surface area contributed by atoms with E-state index in [9.17, 15) is 4.79 Å². The van der Waals surface area contributed by atoms with Crippen LogP contribution in [0, 0.1) is 0 Å². The number of hydrogen-bond acceptors (Lipinski definition) is 4. The number of nitrogens with zero attached hydrogens (tertiary/aromatic N) is 2. The molecule has 1 saturated heterocycles. The largest absolute Gasteiger partial charge is 0.494 e. The molecule has 3 rings (SSSR count). The van der Waals surface area contributed by atoms with Crippen LogP contribution in [0.1, 0.15) is 43.7 Å². The molecule has 1 fully saturated rings. The van der Waals surface area contributed by atoms with E-state index in [-0.39, 0.29) is 17.1 Å². The molecule has 0 radical (unpaired) electrons. The molecule has 0 saturated carbocycles. The van der Waals surface area contributed by atoms with Crippen molar-refractivity contribution in [2.45, 2.75) is 45.3 Å². The molecule has 2 aromatic rings. The molecular weight excluding hydrogens is 339 g/mol. The van der Waals surface area contributed by atoms with Gasteiger partial charge in [-0.3, -0.25) is 9.78 Å². The van der Waals surface area contributed by atoms with Crippen LogP contribution in [0.3, 0.4) is 0 Å². The molecule has 27 heavy (non-hydrogen) atoms. The van der Waals surface area contributed by atoms with Crippen molar-refractivity contribution in [3.8, 4) is 0 Å².